The van der Waals surface area contributed by atoms with Gasteiger partial charge in [-0.3, -0.25) is 4.79 Å². The number of para-hydroxylation sites is 1. The minimum absolute atomic E-state index is 0.115. The van der Waals surface area contributed by atoms with Crippen molar-refractivity contribution in [1.82, 2.24) is 10.2 Å². The molecule has 1 saturated heterocycles. The number of halogens is 1. The lowest BCUT2D eigenvalue weighted by Gasteiger charge is -2.26. The van der Waals surface area contributed by atoms with Crippen LogP contribution >= 0.6 is 11.6 Å². The van der Waals surface area contributed by atoms with Crippen molar-refractivity contribution in [3.05, 3.63) is 28.8 Å². The summed E-state index contributed by atoms with van der Waals surface area (Å²) in [5.74, 6) is 0.330. The van der Waals surface area contributed by atoms with Gasteiger partial charge in [-0.2, -0.15) is 0 Å². The molecule has 1 aliphatic heterocycles. The normalized spacial score (nSPS) is 15.3. The van der Waals surface area contributed by atoms with Crippen molar-refractivity contribution in [1.29, 1.82) is 0 Å². The number of hydrogen-bond donors (Lipinski definition) is 2. The van der Waals surface area contributed by atoms with Gasteiger partial charge in [0.25, 0.3) is 0 Å². The van der Waals surface area contributed by atoms with E-state index in [9.17, 15) is 9.90 Å². The number of phenols is 1. The second-order valence-corrected chi connectivity index (χ2v) is 5.52. The standard InChI is InChI=1S/C15H21ClN2O2/c16-13-6-4-5-12(15(13)20)11-17-8-7-14(19)18-9-2-1-3-10-18/h4-6,17,20H,1-3,7-11H2. The Hall–Kier alpha value is -1.26. The summed E-state index contributed by atoms with van der Waals surface area (Å²) in [7, 11) is 0. The van der Waals surface area contributed by atoms with E-state index in [0.29, 0.717) is 24.5 Å². The molecule has 1 heterocycles. The molecule has 20 heavy (non-hydrogen) atoms. The molecular formula is C15H21ClN2O2. The Morgan fingerprint density at radius 2 is 2.05 bits per heavy atom. The maximum atomic E-state index is 11.9. The highest BCUT2D eigenvalue weighted by Crippen LogP contribution is 2.26. The van der Waals surface area contributed by atoms with E-state index < -0.39 is 0 Å². The Bertz CT molecular complexity index is 459. The SMILES string of the molecule is O=C(CCNCc1cccc(Cl)c1O)N1CCCCC1. The fourth-order valence-corrected chi connectivity index (χ4v) is 2.62. The van der Waals surface area contributed by atoms with Gasteiger partial charge in [0.2, 0.25) is 5.91 Å². The van der Waals surface area contributed by atoms with Crippen molar-refractivity contribution in [2.24, 2.45) is 0 Å². The smallest absolute Gasteiger partial charge is 0.223 e. The molecule has 0 aliphatic carbocycles. The van der Waals surface area contributed by atoms with Gasteiger partial charge in [-0.25, -0.2) is 0 Å². The van der Waals surface area contributed by atoms with Crippen molar-refractivity contribution in [2.45, 2.75) is 32.2 Å². The van der Waals surface area contributed by atoms with Gasteiger partial charge in [0.05, 0.1) is 5.02 Å². The summed E-state index contributed by atoms with van der Waals surface area (Å²) in [5.41, 5.74) is 0.753. The molecular weight excluding hydrogens is 276 g/mol. The lowest BCUT2D eigenvalue weighted by Crippen LogP contribution is -2.37. The number of carbonyl (C=O) groups excluding carboxylic acids is 1. The zero-order chi connectivity index (χ0) is 14.4. The van der Waals surface area contributed by atoms with E-state index in [1.807, 2.05) is 11.0 Å². The Balaban J connectivity index is 1.70. The molecule has 1 fully saturated rings. The molecule has 2 N–H and O–H groups in total. The second kappa shape index (κ2) is 7.50. The van der Waals surface area contributed by atoms with E-state index in [1.54, 1.807) is 12.1 Å². The van der Waals surface area contributed by atoms with Crippen LogP contribution in [0.1, 0.15) is 31.2 Å². The molecule has 0 aromatic heterocycles. The number of phenolic OH excluding ortho intramolecular Hbond substituents is 1. The Morgan fingerprint density at radius 1 is 1.30 bits per heavy atom. The van der Waals surface area contributed by atoms with E-state index in [-0.39, 0.29) is 11.7 Å². The zero-order valence-electron chi connectivity index (χ0n) is 11.6. The first kappa shape index (κ1) is 15.1. The number of benzene rings is 1. The molecule has 1 aromatic rings. The third-order valence-electron chi connectivity index (χ3n) is 3.61. The van der Waals surface area contributed by atoms with Crippen LogP contribution in [0.5, 0.6) is 5.75 Å². The van der Waals surface area contributed by atoms with Crippen LogP contribution in [0.4, 0.5) is 0 Å². The number of hydrogen-bond acceptors (Lipinski definition) is 3. The molecule has 2 rings (SSSR count). The summed E-state index contributed by atoms with van der Waals surface area (Å²) >= 11 is 5.84. The summed E-state index contributed by atoms with van der Waals surface area (Å²) in [6.07, 6.45) is 3.97. The molecule has 0 atom stereocenters. The van der Waals surface area contributed by atoms with E-state index >= 15 is 0 Å². The summed E-state index contributed by atoms with van der Waals surface area (Å²) in [6, 6.07) is 5.28. The van der Waals surface area contributed by atoms with Gasteiger partial charge in [-0.15, -0.1) is 0 Å². The highest BCUT2D eigenvalue weighted by atomic mass is 35.5. The van der Waals surface area contributed by atoms with Crippen LogP contribution in [0.2, 0.25) is 5.02 Å². The monoisotopic (exact) mass is 296 g/mol. The minimum Gasteiger partial charge on any atom is -0.506 e. The maximum absolute atomic E-state index is 11.9. The molecule has 0 radical (unpaired) electrons. The lowest BCUT2D eigenvalue weighted by atomic mass is 10.1. The van der Waals surface area contributed by atoms with Crippen LogP contribution in [0.25, 0.3) is 0 Å². The number of carbonyl (C=O) groups is 1. The molecule has 1 aliphatic rings. The summed E-state index contributed by atoms with van der Waals surface area (Å²) in [5, 5.41) is 13.3. The summed E-state index contributed by atoms with van der Waals surface area (Å²) in [4.78, 5) is 13.9. The maximum Gasteiger partial charge on any atom is 0.223 e. The van der Waals surface area contributed by atoms with Crippen molar-refractivity contribution in [3.63, 3.8) is 0 Å². The fourth-order valence-electron chi connectivity index (χ4n) is 2.42. The quantitative estimate of drug-likeness (QED) is 0.821. The van der Waals surface area contributed by atoms with Crippen LogP contribution in [-0.2, 0) is 11.3 Å². The van der Waals surface area contributed by atoms with Gasteiger partial charge >= 0.3 is 0 Å². The van der Waals surface area contributed by atoms with Crippen LogP contribution in [0.15, 0.2) is 18.2 Å². The molecule has 0 unspecified atom stereocenters. The predicted molar refractivity (Wildman–Crippen MR) is 79.9 cm³/mol. The van der Waals surface area contributed by atoms with Crippen LogP contribution < -0.4 is 5.32 Å². The van der Waals surface area contributed by atoms with Crippen LogP contribution in [-0.4, -0.2) is 35.5 Å². The second-order valence-electron chi connectivity index (χ2n) is 5.12. The fraction of sp³-hybridized carbons (Fsp3) is 0.533. The molecule has 4 nitrogen and oxygen atoms in total. The Kier molecular flexibility index (Phi) is 5.68. The Morgan fingerprint density at radius 3 is 2.80 bits per heavy atom. The van der Waals surface area contributed by atoms with E-state index in [2.05, 4.69) is 5.32 Å². The average Bonchev–Trinajstić information content (AvgIpc) is 2.48. The number of likely N-dealkylation sites (tertiary alicyclic amines) is 1. The number of rotatable bonds is 5. The first-order valence-corrected chi connectivity index (χ1v) is 7.51. The largest absolute Gasteiger partial charge is 0.506 e. The molecule has 0 spiro atoms. The number of piperidine rings is 1. The summed E-state index contributed by atoms with van der Waals surface area (Å²) < 4.78 is 0. The number of nitrogens with one attached hydrogen (secondary N) is 1. The van der Waals surface area contributed by atoms with Gasteiger partial charge in [0.1, 0.15) is 5.75 Å². The topological polar surface area (TPSA) is 52.6 Å². The van der Waals surface area contributed by atoms with E-state index in [4.69, 9.17) is 11.6 Å². The number of aromatic hydroxyl groups is 1. The van der Waals surface area contributed by atoms with E-state index in [0.717, 1.165) is 31.5 Å². The molecule has 110 valence electrons. The Labute approximate surface area is 124 Å². The zero-order valence-corrected chi connectivity index (χ0v) is 12.3. The van der Waals surface area contributed by atoms with Gasteiger partial charge in [-0.05, 0) is 25.3 Å². The predicted octanol–water partition coefficient (Wildman–Crippen LogP) is 2.54. The number of amides is 1. The van der Waals surface area contributed by atoms with Gasteiger partial charge in [0, 0.05) is 38.2 Å². The van der Waals surface area contributed by atoms with Crippen molar-refractivity contribution >= 4 is 17.5 Å². The molecule has 0 bridgehead atoms. The highest BCUT2D eigenvalue weighted by molar-refractivity contribution is 6.32. The van der Waals surface area contributed by atoms with E-state index in [1.165, 1.54) is 6.42 Å². The van der Waals surface area contributed by atoms with Crippen LogP contribution in [0, 0.1) is 0 Å². The van der Waals surface area contributed by atoms with Crippen molar-refractivity contribution < 1.29 is 9.90 Å². The molecule has 0 saturated carbocycles. The first-order chi connectivity index (χ1) is 9.68. The summed E-state index contributed by atoms with van der Waals surface area (Å²) in [6.45, 7) is 2.92. The molecule has 5 heteroatoms. The van der Waals surface area contributed by atoms with Crippen LogP contribution in [0.3, 0.4) is 0 Å². The first-order valence-electron chi connectivity index (χ1n) is 7.13. The lowest BCUT2D eigenvalue weighted by molar-refractivity contribution is -0.131. The highest BCUT2D eigenvalue weighted by Gasteiger charge is 2.15. The minimum atomic E-state index is 0.115. The van der Waals surface area contributed by atoms with Gasteiger partial charge in [0.15, 0.2) is 0 Å². The van der Waals surface area contributed by atoms with Gasteiger partial charge in [-0.1, -0.05) is 23.7 Å². The van der Waals surface area contributed by atoms with Gasteiger partial charge < -0.3 is 15.3 Å². The molecule has 1 aromatic carbocycles. The third-order valence-corrected chi connectivity index (χ3v) is 3.92. The third kappa shape index (κ3) is 4.12. The molecule has 1 amide bonds. The van der Waals surface area contributed by atoms with Crippen molar-refractivity contribution in [2.75, 3.05) is 19.6 Å². The average molecular weight is 297 g/mol. The number of nitrogens with zero attached hydrogens (tertiary/aromatic N) is 1. The van der Waals surface area contributed by atoms with Crippen molar-refractivity contribution in [3.8, 4) is 5.75 Å².